The Balaban J connectivity index is 2.31. The van der Waals surface area contributed by atoms with Gasteiger partial charge in [-0.1, -0.05) is 0 Å². The fraction of sp³-hybridized carbons (Fsp3) is 0.581. The van der Waals surface area contributed by atoms with E-state index in [0.717, 1.165) is 6.42 Å². The molecule has 5 heteroatoms. The number of hydrogen-bond donors (Lipinski definition) is 1. The minimum atomic E-state index is -1.32. The number of benzene rings is 2. The van der Waals surface area contributed by atoms with Crippen molar-refractivity contribution in [3.05, 3.63) is 60.7 Å². The molecule has 2 nitrogen and oxygen atoms in total. The van der Waals surface area contributed by atoms with Gasteiger partial charge in [-0.2, -0.15) is 0 Å². The Labute approximate surface area is 230 Å². The Hall–Kier alpha value is -0.960. The Kier molecular flexibility index (Phi) is 15.2. The first-order valence-electron chi connectivity index (χ1n) is 14.2. The monoisotopic (exact) mass is 548 g/mol. The molecule has 0 aliphatic heterocycles. The van der Waals surface area contributed by atoms with E-state index in [9.17, 15) is 9.90 Å². The van der Waals surface area contributed by atoms with E-state index < -0.39 is 13.2 Å². The zero-order valence-electron chi connectivity index (χ0n) is 22.8. The molecule has 0 heterocycles. The van der Waals surface area contributed by atoms with Crippen molar-refractivity contribution in [3.8, 4) is 0 Å². The van der Waals surface area contributed by atoms with E-state index in [2.05, 4.69) is 81.4 Å². The second-order valence-corrected chi connectivity index (χ2v) is 18.5. The number of carboxylic acid groups (broad SMARTS) is 1. The maximum atomic E-state index is 11.7. The molecule has 1 N–H and O–H groups in total. The molecular formula is C31H49O2PS2. The average molecular weight is 549 g/mol. The van der Waals surface area contributed by atoms with Crippen LogP contribution in [0, 0.1) is 0 Å². The van der Waals surface area contributed by atoms with Crippen molar-refractivity contribution in [1.82, 2.24) is 0 Å². The molecule has 36 heavy (non-hydrogen) atoms. The summed E-state index contributed by atoms with van der Waals surface area (Å²) in [5, 5.41) is 9.64. The van der Waals surface area contributed by atoms with E-state index in [1.165, 1.54) is 79.4 Å². The number of rotatable bonds is 20. The van der Waals surface area contributed by atoms with Gasteiger partial charge in [-0.15, -0.1) is 0 Å². The van der Waals surface area contributed by atoms with Gasteiger partial charge in [-0.25, -0.2) is 0 Å². The maximum absolute atomic E-state index is 11.7. The average Bonchev–Trinajstić information content (AvgIpc) is 2.89. The molecule has 0 spiro atoms. The number of unbranched alkanes of at least 4 members (excludes halogenated alkanes) is 3. The summed E-state index contributed by atoms with van der Waals surface area (Å²) in [7, 11) is -1.32. The van der Waals surface area contributed by atoms with Crippen LogP contribution in [-0.4, -0.2) is 39.8 Å². The van der Waals surface area contributed by atoms with E-state index in [1.54, 1.807) is 0 Å². The first kappa shape index (κ1) is 31.3. The van der Waals surface area contributed by atoms with Gasteiger partial charge in [0.1, 0.15) is 0 Å². The molecule has 2 aromatic rings. The van der Waals surface area contributed by atoms with Gasteiger partial charge in [0, 0.05) is 0 Å². The molecule has 0 radical (unpaired) electrons. The fourth-order valence-corrected chi connectivity index (χ4v) is 14.0. The summed E-state index contributed by atoms with van der Waals surface area (Å²) in [5.74, 6) is -0.695. The zero-order valence-corrected chi connectivity index (χ0v) is 25.5. The molecule has 0 unspecified atom stereocenters. The summed E-state index contributed by atoms with van der Waals surface area (Å²) in [6.45, 7) is 7.01. The van der Waals surface area contributed by atoms with Gasteiger partial charge in [0.05, 0.1) is 0 Å². The first-order chi connectivity index (χ1) is 17.5. The van der Waals surface area contributed by atoms with Gasteiger partial charge in [-0.3, -0.25) is 0 Å². The quantitative estimate of drug-likeness (QED) is 0.101. The standard InChI is InChI=1S/C31H49O2PS2/c1-4-7-24-34(25-8-5-2,26-9-6-3)27-16-22-31(23-21-30(32)33,35-28-17-12-10-13-18-28)36-29-19-14-11-15-20-29/h10-15,17-20,34H,4-9,16,21-27H2,1-3H3,(H,32,33). The van der Waals surface area contributed by atoms with Crippen LogP contribution in [0.25, 0.3) is 0 Å². The Morgan fingerprint density at radius 3 is 1.50 bits per heavy atom. The number of carboxylic acids is 1. The molecular weight excluding hydrogens is 499 g/mol. The van der Waals surface area contributed by atoms with Crippen LogP contribution in [0.4, 0.5) is 0 Å². The molecule has 0 fully saturated rings. The number of thioether (sulfide) groups is 2. The van der Waals surface area contributed by atoms with Crippen LogP contribution in [0.3, 0.4) is 0 Å². The van der Waals surface area contributed by atoms with Crippen LogP contribution < -0.4 is 0 Å². The Bertz CT molecular complexity index is 781. The molecule has 0 atom stereocenters. The number of carbonyl (C=O) groups is 1. The fourth-order valence-electron chi connectivity index (χ4n) is 5.19. The second kappa shape index (κ2) is 17.5. The minimum absolute atomic E-state index is 0.179. The molecule has 0 aromatic heterocycles. The summed E-state index contributed by atoms with van der Waals surface area (Å²) in [6, 6.07) is 21.2. The SMILES string of the molecule is CCCC[PH](CCCC)(CCCC)CCCC(CCC(=O)O)(Sc1ccccc1)Sc1ccccc1. The van der Waals surface area contributed by atoms with Crippen LogP contribution in [0.5, 0.6) is 0 Å². The predicted octanol–water partition coefficient (Wildman–Crippen LogP) is 10.1. The third-order valence-electron chi connectivity index (χ3n) is 7.26. The summed E-state index contributed by atoms with van der Waals surface area (Å²) in [4.78, 5) is 14.2. The Morgan fingerprint density at radius 2 is 1.11 bits per heavy atom. The van der Waals surface area contributed by atoms with Crippen LogP contribution in [0.2, 0.25) is 0 Å². The Morgan fingerprint density at radius 1 is 0.694 bits per heavy atom. The van der Waals surface area contributed by atoms with Crippen molar-refractivity contribution in [2.45, 2.75) is 98.8 Å². The van der Waals surface area contributed by atoms with E-state index >= 15 is 0 Å². The molecule has 2 rings (SSSR count). The normalized spacial score (nSPS) is 12.5. The predicted molar refractivity (Wildman–Crippen MR) is 166 cm³/mol. The van der Waals surface area contributed by atoms with Crippen molar-refractivity contribution >= 4 is 36.8 Å². The molecule has 0 aliphatic rings. The molecule has 0 amide bonds. The van der Waals surface area contributed by atoms with E-state index in [4.69, 9.17) is 0 Å². The van der Waals surface area contributed by atoms with Gasteiger partial charge in [0.25, 0.3) is 0 Å². The van der Waals surface area contributed by atoms with Gasteiger partial charge in [0.15, 0.2) is 0 Å². The van der Waals surface area contributed by atoms with E-state index in [-0.39, 0.29) is 10.5 Å². The third kappa shape index (κ3) is 11.6. The number of hydrogen-bond acceptors (Lipinski definition) is 3. The van der Waals surface area contributed by atoms with Crippen molar-refractivity contribution in [1.29, 1.82) is 0 Å². The molecule has 0 saturated heterocycles. The molecule has 2 aromatic carbocycles. The van der Waals surface area contributed by atoms with E-state index in [1.807, 2.05) is 23.5 Å². The molecule has 0 bridgehead atoms. The summed E-state index contributed by atoms with van der Waals surface area (Å²) in [6.07, 6.45) is 17.0. The third-order valence-corrected chi connectivity index (χ3v) is 16.0. The summed E-state index contributed by atoms with van der Waals surface area (Å²) in [5.41, 5.74) is 0. The topological polar surface area (TPSA) is 37.3 Å². The molecule has 0 saturated carbocycles. The first-order valence-corrected chi connectivity index (χ1v) is 18.6. The van der Waals surface area contributed by atoms with Crippen LogP contribution >= 0.6 is 30.8 Å². The molecule has 0 aliphatic carbocycles. The molecule has 202 valence electrons. The zero-order chi connectivity index (χ0) is 26.1. The van der Waals surface area contributed by atoms with Gasteiger partial charge in [0.2, 0.25) is 0 Å². The van der Waals surface area contributed by atoms with Crippen LogP contribution in [-0.2, 0) is 4.79 Å². The number of aliphatic carboxylic acids is 1. The van der Waals surface area contributed by atoms with Gasteiger partial charge >= 0.3 is 231 Å². The summed E-state index contributed by atoms with van der Waals surface area (Å²) >= 11 is 3.78. The second-order valence-electron chi connectivity index (χ2n) is 10.3. The van der Waals surface area contributed by atoms with Crippen molar-refractivity contribution in [2.75, 3.05) is 24.6 Å². The van der Waals surface area contributed by atoms with Crippen LogP contribution in [0.15, 0.2) is 70.5 Å². The van der Waals surface area contributed by atoms with Crippen molar-refractivity contribution < 1.29 is 9.90 Å². The summed E-state index contributed by atoms with van der Waals surface area (Å²) < 4.78 is -0.179. The van der Waals surface area contributed by atoms with Crippen LogP contribution in [0.1, 0.15) is 85.0 Å². The van der Waals surface area contributed by atoms with Crippen molar-refractivity contribution in [3.63, 3.8) is 0 Å². The van der Waals surface area contributed by atoms with E-state index in [0.29, 0.717) is 6.42 Å². The van der Waals surface area contributed by atoms with Gasteiger partial charge in [-0.05, 0) is 0 Å². The van der Waals surface area contributed by atoms with Crippen molar-refractivity contribution in [2.24, 2.45) is 0 Å². The van der Waals surface area contributed by atoms with Gasteiger partial charge < -0.3 is 0 Å².